The second-order valence-corrected chi connectivity index (χ2v) is 41.1. The maximum absolute atomic E-state index is 10.8. The van der Waals surface area contributed by atoms with Crippen molar-refractivity contribution in [3.63, 3.8) is 0 Å². The lowest BCUT2D eigenvalue weighted by Crippen LogP contribution is -2.51. The average molecular weight is 1560 g/mol. The number of thioether (sulfide) groups is 1. The standard InChI is InChI=1S/C30H50O4.C17H30O2.C17H28O2.C16H29NO2.C16H28O2S/c1-19(2)27(31)11-6-20(3)24-9-10-25-23-8-7-21-18-22(34-17-14-28(32)33)12-15-29(21,4)26(23)13-16-30(24,25)5;2*1-12(2)15-11-14(7-6-8-16(18)19)9-10-17(15,5)13(3)4;1-11(2)14-10-13(17-9-7-15(18)19)6-8-16(14,5)12(3)4;1-11(2)14-10-13(19-9-7-15(17)18)6-8-16(14,5)12(3)4/h7,19-20,22-27,31H,6,8-18H2,1-5H3,(H,32,33);13-14H,6-11H2,1-5H3,(H,18,19);7,13H,6,8-11H2,1-5H3,(H,18,19);12-13,17H,6-10H2,1-5H3,(H,18,19);12-13H,6-10H2,1-5H3,(H,17,18)/t20?,22?,23?,24-,25?,26?,27+,29+,30-;14?,17-;17-;2*13?,16-/m11111/s1. The van der Waals surface area contributed by atoms with Crippen molar-refractivity contribution in [1.29, 1.82) is 0 Å². The molecular weight excluding hydrogens is 1390 g/mol. The molecule has 0 aliphatic heterocycles. The average Bonchev–Trinajstić information content (AvgIpc) is 1.44. The minimum absolute atomic E-state index is 0.105. The van der Waals surface area contributed by atoms with Crippen LogP contribution in [-0.2, 0) is 28.7 Å². The molecule has 0 amide bonds. The van der Waals surface area contributed by atoms with Crippen molar-refractivity contribution in [1.82, 2.24) is 5.32 Å². The number of rotatable bonds is 28. The van der Waals surface area contributed by atoms with Crippen LogP contribution in [0.15, 0.2) is 67.9 Å². The van der Waals surface area contributed by atoms with Gasteiger partial charge in [-0.15, -0.1) is 0 Å². The summed E-state index contributed by atoms with van der Waals surface area (Å²) < 4.78 is 5.96. The summed E-state index contributed by atoms with van der Waals surface area (Å²) in [6.45, 7) is 58.6. The Kier molecular flexibility index (Phi) is 39.7. The molecule has 13 nitrogen and oxygen atoms in total. The first kappa shape index (κ1) is 98.4. The zero-order valence-electron chi connectivity index (χ0n) is 74.7. The number of fused-ring (bicyclic) bond motifs is 5. The van der Waals surface area contributed by atoms with Crippen molar-refractivity contribution in [2.24, 2.45) is 97.6 Å². The first-order valence-electron chi connectivity index (χ1n) is 43.9. The van der Waals surface area contributed by atoms with Crippen molar-refractivity contribution in [3.8, 4) is 0 Å². The summed E-state index contributed by atoms with van der Waals surface area (Å²) in [4.78, 5) is 53.2. The lowest BCUT2D eigenvalue weighted by Gasteiger charge is -2.58. The molecule has 7 saturated carbocycles. The van der Waals surface area contributed by atoms with E-state index in [0.29, 0.717) is 111 Å². The largest absolute Gasteiger partial charge is 0.481 e. The molecule has 14 heteroatoms. The van der Waals surface area contributed by atoms with Crippen molar-refractivity contribution in [2.75, 3.05) is 18.9 Å². The molecule has 7 N–H and O–H groups in total. The van der Waals surface area contributed by atoms with Gasteiger partial charge in [0.05, 0.1) is 38.1 Å². The van der Waals surface area contributed by atoms with E-state index in [1.54, 1.807) is 27.9 Å². The number of hydrogen-bond donors (Lipinski definition) is 7. The van der Waals surface area contributed by atoms with E-state index in [1.165, 1.54) is 111 Å². The van der Waals surface area contributed by atoms with Crippen molar-refractivity contribution in [3.05, 3.63) is 67.9 Å². The molecule has 16 atom stereocenters. The molecule has 8 unspecified atom stereocenters. The molecule has 8 rings (SSSR count). The normalized spacial score (nSPS) is 31.6. The van der Waals surface area contributed by atoms with E-state index in [1.807, 2.05) is 11.8 Å². The van der Waals surface area contributed by atoms with Gasteiger partial charge in [-0.1, -0.05) is 186 Å². The van der Waals surface area contributed by atoms with E-state index in [-0.39, 0.29) is 37.9 Å². The number of nitrogens with one attached hydrogen (secondary N) is 1. The van der Waals surface area contributed by atoms with Gasteiger partial charge in [0.25, 0.3) is 0 Å². The van der Waals surface area contributed by atoms with E-state index >= 15 is 0 Å². The van der Waals surface area contributed by atoms with Gasteiger partial charge in [0.1, 0.15) is 0 Å². The molecule has 0 bridgehead atoms. The fourth-order valence-electron chi connectivity index (χ4n) is 21.8. The van der Waals surface area contributed by atoms with Crippen LogP contribution in [0.3, 0.4) is 0 Å². The fraction of sp³-hybridized carbons (Fsp3) is 0.823. The van der Waals surface area contributed by atoms with Crippen molar-refractivity contribution in [2.45, 2.75) is 389 Å². The Morgan fingerprint density at radius 2 is 1.05 bits per heavy atom. The first-order valence-corrected chi connectivity index (χ1v) is 45.0. The molecule has 0 saturated heterocycles. The number of carboxylic acid groups (broad SMARTS) is 5. The summed E-state index contributed by atoms with van der Waals surface area (Å²) in [5, 5.41) is 58.1. The Morgan fingerprint density at radius 3 is 1.58 bits per heavy atom. The number of aliphatic hydroxyl groups excluding tert-OH is 1. The maximum Gasteiger partial charge on any atom is 0.305 e. The van der Waals surface area contributed by atoms with Crippen molar-refractivity contribution < 1.29 is 59.3 Å². The molecule has 8 aliphatic rings. The molecule has 0 aromatic heterocycles. The highest BCUT2D eigenvalue weighted by atomic mass is 32.2. The van der Waals surface area contributed by atoms with Crippen LogP contribution in [-0.4, -0.2) is 103 Å². The molecule has 7 fully saturated rings. The van der Waals surface area contributed by atoms with Crippen LogP contribution < -0.4 is 5.32 Å². The predicted molar refractivity (Wildman–Crippen MR) is 460 cm³/mol. The van der Waals surface area contributed by atoms with Crippen LogP contribution in [0.4, 0.5) is 0 Å². The number of hydrogen-bond acceptors (Lipinski definition) is 9. The highest BCUT2D eigenvalue weighted by Gasteiger charge is 2.59. The van der Waals surface area contributed by atoms with Gasteiger partial charge in [0.2, 0.25) is 0 Å². The molecule has 632 valence electrons. The number of aliphatic hydroxyl groups is 1. The number of ether oxygens (including phenoxy) is 1. The summed E-state index contributed by atoms with van der Waals surface area (Å²) in [7, 11) is 0. The van der Waals surface area contributed by atoms with Crippen LogP contribution in [0.1, 0.15) is 366 Å². The summed E-state index contributed by atoms with van der Waals surface area (Å²) in [6, 6.07) is 0.441. The SMILES string of the molecule is CC(C)=C1CC(=CCCC(=O)O)CC[C@]1(C)C(C)C.CC(C)=C1CC(CCCC(=O)O)CC[C@]1(C)C(C)C.CC(C)=C1CC(NCCC(=O)O)CC[C@]1(C)C(C)C.CC(C)=C1CC(SCCC(=O)O)CC[C@]1(C)C(C)C.CC(CC[C@H](O)C(C)C)[C@H]1CCC2C3CC=C4CC(OCCC(=O)O)CC[C@]4(C)C3CC[C@@]21C. The van der Waals surface area contributed by atoms with Gasteiger partial charge >= 0.3 is 29.8 Å². The van der Waals surface area contributed by atoms with Crippen LogP contribution in [0.5, 0.6) is 0 Å². The summed E-state index contributed by atoms with van der Waals surface area (Å²) >= 11 is 1.84. The topological polar surface area (TPSA) is 228 Å². The third kappa shape index (κ3) is 27.3. The van der Waals surface area contributed by atoms with Gasteiger partial charge in [-0.25, -0.2) is 0 Å². The number of aliphatic carboxylic acids is 5. The van der Waals surface area contributed by atoms with Crippen LogP contribution in [0.25, 0.3) is 0 Å². The third-order valence-corrected chi connectivity index (χ3v) is 31.8. The van der Waals surface area contributed by atoms with Gasteiger partial charge < -0.3 is 40.7 Å². The van der Waals surface area contributed by atoms with E-state index in [2.05, 4.69) is 191 Å². The van der Waals surface area contributed by atoms with E-state index < -0.39 is 29.8 Å². The summed E-state index contributed by atoms with van der Waals surface area (Å²) in [5.41, 5.74) is 17.3. The molecule has 110 heavy (non-hydrogen) atoms. The predicted octanol–water partition coefficient (Wildman–Crippen LogP) is 25.2. The lowest BCUT2D eigenvalue weighted by atomic mass is 9.47. The fourth-order valence-corrected chi connectivity index (χ4v) is 23.0. The molecule has 0 spiro atoms. The lowest BCUT2D eigenvalue weighted by molar-refractivity contribution is -0.139. The Hall–Kier alpha value is -3.98. The molecule has 8 aliphatic carbocycles. The third-order valence-electron chi connectivity index (χ3n) is 30.5. The monoisotopic (exact) mass is 1560 g/mol. The Bertz CT molecular complexity index is 3000. The second kappa shape index (κ2) is 44.4. The maximum atomic E-state index is 10.8. The second-order valence-electron chi connectivity index (χ2n) is 39.7. The highest BCUT2D eigenvalue weighted by Crippen LogP contribution is 2.68. The minimum atomic E-state index is -0.772. The Balaban J connectivity index is 0.000000299. The minimum Gasteiger partial charge on any atom is -0.481 e. The zero-order valence-corrected chi connectivity index (χ0v) is 75.5. The number of carboxylic acids is 5. The first-order chi connectivity index (χ1) is 51.1. The van der Waals surface area contributed by atoms with Gasteiger partial charge in [0.15, 0.2) is 0 Å². The summed E-state index contributed by atoms with van der Waals surface area (Å²) in [6.07, 6.45) is 34.6. The molecule has 0 heterocycles. The van der Waals surface area contributed by atoms with Gasteiger partial charge in [-0.05, 0) is 313 Å². The van der Waals surface area contributed by atoms with E-state index in [9.17, 15) is 29.1 Å². The molecule has 0 aromatic carbocycles. The van der Waals surface area contributed by atoms with Gasteiger partial charge in [-0.3, -0.25) is 24.0 Å². The van der Waals surface area contributed by atoms with Crippen LogP contribution in [0, 0.1) is 97.6 Å². The highest BCUT2D eigenvalue weighted by molar-refractivity contribution is 7.99. The molecule has 0 aromatic rings. The van der Waals surface area contributed by atoms with Crippen LogP contribution >= 0.6 is 11.8 Å². The van der Waals surface area contributed by atoms with Gasteiger partial charge in [-0.2, -0.15) is 11.8 Å². The molecule has 0 radical (unpaired) electrons. The Labute approximate surface area is 676 Å². The Morgan fingerprint density at radius 1 is 0.536 bits per heavy atom. The smallest absolute Gasteiger partial charge is 0.305 e. The zero-order chi connectivity index (χ0) is 83.2. The number of allylic oxidation sites excluding steroid dienone is 10. The van der Waals surface area contributed by atoms with E-state index in [0.717, 1.165) is 100 Å². The van der Waals surface area contributed by atoms with Crippen molar-refractivity contribution >= 4 is 41.6 Å². The van der Waals surface area contributed by atoms with E-state index in [4.69, 9.17) is 30.3 Å². The summed E-state index contributed by atoms with van der Waals surface area (Å²) in [5.74, 6) is 4.84. The molecular formula is C96H165NO12S. The number of carbonyl (C=O) groups is 5. The quantitative estimate of drug-likeness (QED) is 0.0362. The van der Waals surface area contributed by atoms with Crippen LogP contribution in [0.2, 0.25) is 0 Å². The van der Waals surface area contributed by atoms with Gasteiger partial charge in [0, 0.05) is 36.4 Å².